The molecule has 5 nitrogen and oxygen atoms in total. The Hall–Kier alpha value is -1.39. The van der Waals surface area contributed by atoms with E-state index in [2.05, 4.69) is 24.2 Å². The molecule has 1 aliphatic rings. The molecule has 0 bridgehead atoms. The van der Waals surface area contributed by atoms with Crippen molar-refractivity contribution in [2.24, 2.45) is 17.6 Å². The SMILES string of the molecule is CC(C)CCc1c(C(N)=O)nnn1CCC1CCC1. The maximum atomic E-state index is 11.4. The van der Waals surface area contributed by atoms with Gasteiger partial charge in [-0.2, -0.15) is 0 Å². The number of rotatable bonds is 7. The second kappa shape index (κ2) is 6.17. The topological polar surface area (TPSA) is 73.8 Å². The fourth-order valence-corrected chi connectivity index (χ4v) is 2.46. The summed E-state index contributed by atoms with van der Waals surface area (Å²) in [5, 5.41) is 8.07. The molecule has 0 unspecified atom stereocenters. The molecule has 2 N–H and O–H groups in total. The third-order valence-electron chi connectivity index (χ3n) is 4.00. The van der Waals surface area contributed by atoms with Gasteiger partial charge in [0.25, 0.3) is 5.91 Å². The second-order valence-corrected chi connectivity index (χ2v) is 5.99. The summed E-state index contributed by atoms with van der Waals surface area (Å²) in [7, 11) is 0. The van der Waals surface area contributed by atoms with Crippen LogP contribution in [-0.4, -0.2) is 20.9 Å². The molecule has 5 heteroatoms. The molecule has 1 amide bonds. The molecule has 0 aromatic carbocycles. The van der Waals surface area contributed by atoms with Gasteiger partial charge in [-0.25, -0.2) is 4.68 Å². The Labute approximate surface area is 114 Å². The second-order valence-electron chi connectivity index (χ2n) is 5.99. The number of hydrogen-bond acceptors (Lipinski definition) is 3. The van der Waals surface area contributed by atoms with Crippen LogP contribution in [0.2, 0.25) is 0 Å². The van der Waals surface area contributed by atoms with Crippen LogP contribution in [0.4, 0.5) is 0 Å². The first-order valence-electron chi connectivity index (χ1n) is 7.30. The van der Waals surface area contributed by atoms with Crippen LogP contribution < -0.4 is 5.73 Å². The first-order chi connectivity index (χ1) is 9.08. The summed E-state index contributed by atoms with van der Waals surface area (Å²) in [4.78, 5) is 11.4. The monoisotopic (exact) mass is 264 g/mol. The number of aromatic nitrogens is 3. The first kappa shape index (κ1) is 14.0. The summed E-state index contributed by atoms with van der Waals surface area (Å²) in [5.74, 6) is 0.962. The highest BCUT2D eigenvalue weighted by Crippen LogP contribution is 2.29. The van der Waals surface area contributed by atoms with Crippen molar-refractivity contribution in [3.8, 4) is 0 Å². The average Bonchev–Trinajstić information content (AvgIpc) is 2.67. The summed E-state index contributed by atoms with van der Waals surface area (Å²) < 4.78 is 1.89. The summed E-state index contributed by atoms with van der Waals surface area (Å²) in [6.45, 7) is 5.21. The highest BCUT2D eigenvalue weighted by atomic mass is 16.1. The number of primary amides is 1. The van der Waals surface area contributed by atoms with Crippen LogP contribution in [0.15, 0.2) is 0 Å². The van der Waals surface area contributed by atoms with Gasteiger partial charge in [-0.15, -0.1) is 5.10 Å². The Balaban J connectivity index is 2.04. The molecule has 1 heterocycles. The van der Waals surface area contributed by atoms with Crippen LogP contribution in [0, 0.1) is 11.8 Å². The highest BCUT2D eigenvalue weighted by molar-refractivity contribution is 5.91. The van der Waals surface area contributed by atoms with Crippen molar-refractivity contribution in [1.29, 1.82) is 0 Å². The zero-order chi connectivity index (χ0) is 13.8. The van der Waals surface area contributed by atoms with Crippen molar-refractivity contribution in [3.05, 3.63) is 11.4 Å². The zero-order valence-electron chi connectivity index (χ0n) is 11.9. The molecule has 1 aromatic heterocycles. The van der Waals surface area contributed by atoms with Crippen molar-refractivity contribution >= 4 is 5.91 Å². The predicted octanol–water partition coefficient (Wildman–Crippen LogP) is 2.16. The van der Waals surface area contributed by atoms with Gasteiger partial charge in [0.1, 0.15) is 0 Å². The fourth-order valence-electron chi connectivity index (χ4n) is 2.46. The molecule has 0 spiro atoms. The van der Waals surface area contributed by atoms with Gasteiger partial charge in [0.15, 0.2) is 5.69 Å². The minimum atomic E-state index is -0.464. The number of hydrogen-bond donors (Lipinski definition) is 1. The largest absolute Gasteiger partial charge is 0.364 e. The van der Waals surface area contributed by atoms with Gasteiger partial charge in [-0.05, 0) is 31.1 Å². The van der Waals surface area contributed by atoms with Gasteiger partial charge >= 0.3 is 0 Å². The van der Waals surface area contributed by atoms with Crippen LogP contribution in [0.25, 0.3) is 0 Å². The Morgan fingerprint density at radius 3 is 2.74 bits per heavy atom. The number of nitrogens with two attached hydrogens (primary N) is 1. The van der Waals surface area contributed by atoms with Gasteiger partial charge in [0.05, 0.1) is 5.69 Å². The van der Waals surface area contributed by atoms with Crippen LogP contribution in [-0.2, 0) is 13.0 Å². The van der Waals surface area contributed by atoms with E-state index in [1.54, 1.807) is 0 Å². The van der Waals surface area contributed by atoms with E-state index in [1.165, 1.54) is 19.3 Å². The molecule has 1 aromatic rings. The van der Waals surface area contributed by atoms with Crippen LogP contribution >= 0.6 is 0 Å². The Kier molecular flexibility index (Phi) is 4.56. The molecule has 0 aliphatic heterocycles. The van der Waals surface area contributed by atoms with E-state index in [4.69, 9.17) is 5.73 Å². The molecule has 1 aliphatic carbocycles. The van der Waals surface area contributed by atoms with Gasteiger partial charge in [0, 0.05) is 6.54 Å². The first-order valence-corrected chi connectivity index (χ1v) is 7.30. The quantitative estimate of drug-likeness (QED) is 0.820. The molecule has 0 radical (unpaired) electrons. The molecular weight excluding hydrogens is 240 g/mol. The van der Waals surface area contributed by atoms with E-state index in [9.17, 15) is 4.79 Å². The molecule has 106 valence electrons. The van der Waals surface area contributed by atoms with Crippen molar-refractivity contribution in [3.63, 3.8) is 0 Å². The third-order valence-corrected chi connectivity index (χ3v) is 4.00. The van der Waals surface area contributed by atoms with Crippen molar-refractivity contribution in [2.45, 2.75) is 58.9 Å². The van der Waals surface area contributed by atoms with Crippen LogP contribution in [0.3, 0.4) is 0 Å². The van der Waals surface area contributed by atoms with Crippen molar-refractivity contribution in [2.75, 3.05) is 0 Å². The van der Waals surface area contributed by atoms with Crippen LogP contribution in [0.1, 0.15) is 62.1 Å². The Morgan fingerprint density at radius 2 is 2.21 bits per heavy atom. The van der Waals surface area contributed by atoms with Gasteiger partial charge in [0.2, 0.25) is 0 Å². The van der Waals surface area contributed by atoms with E-state index < -0.39 is 5.91 Å². The van der Waals surface area contributed by atoms with E-state index in [1.807, 2.05) is 4.68 Å². The number of nitrogens with zero attached hydrogens (tertiary/aromatic N) is 3. The minimum absolute atomic E-state index is 0.356. The lowest BCUT2D eigenvalue weighted by Gasteiger charge is -2.25. The summed E-state index contributed by atoms with van der Waals surface area (Å²) >= 11 is 0. The smallest absolute Gasteiger partial charge is 0.271 e. The van der Waals surface area contributed by atoms with E-state index in [0.717, 1.165) is 37.4 Å². The predicted molar refractivity (Wildman–Crippen MR) is 73.7 cm³/mol. The molecule has 1 saturated carbocycles. The summed E-state index contributed by atoms with van der Waals surface area (Å²) in [6.07, 6.45) is 7.01. The lowest BCUT2D eigenvalue weighted by atomic mass is 9.83. The minimum Gasteiger partial charge on any atom is -0.364 e. The highest BCUT2D eigenvalue weighted by Gasteiger charge is 2.20. The maximum absolute atomic E-state index is 11.4. The zero-order valence-corrected chi connectivity index (χ0v) is 11.9. The lowest BCUT2D eigenvalue weighted by molar-refractivity contribution is 0.0994. The summed E-state index contributed by atoms with van der Waals surface area (Å²) in [6, 6.07) is 0. The normalized spacial score (nSPS) is 15.7. The van der Waals surface area contributed by atoms with E-state index >= 15 is 0 Å². The Bertz CT molecular complexity index is 435. The third kappa shape index (κ3) is 3.55. The van der Waals surface area contributed by atoms with Crippen molar-refractivity contribution in [1.82, 2.24) is 15.0 Å². The molecule has 1 fully saturated rings. The van der Waals surface area contributed by atoms with E-state index in [-0.39, 0.29) is 0 Å². The van der Waals surface area contributed by atoms with Gasteiger partial charge in [-0.1, -0.05) is 38.3 Å². The number of carbonyl (C=O) groups excluding carboxylic acids is 1. The van der Waals surface area contributed by atoms with Gasteiger partial charge in [-0.3, -0.25) is 4.79 Å². The molecule has 2 rings (SSSR count). The van der Waals surface area contributed by atoms with Crippen molar-refractivity contribution < 1.29 is 4.79 Å². The molecule has 19 heavy (non-hydrogen) atoms. The van der Waals surface area contributed by atoms with Crippen LogP contribution in [0.5, 0.6) is 0 Å². The Morgan fingerprint density at radius 1 is 1.47 bits per heavy atom. The summed E-state index contributed by atoms with van der Waals surface area (Å²) in [5.41, 5.74) is 6.65. The molecular formula is C14H24N4O. The standard InChI is InChI=1S/C14H24N4O/c1-10(2)6-7-12-13(14(15)19)16-17-18(12)9-8-11-4-3-5-11/h10-11H,3-9H2,1-2H3,(H2,15,19). The molecule has 0 atom stereocenters. The maximum Gasteiger partial charge on any atom is 0.271 e. The van der Waals surface area contributed by atoms with Gasteiger partial charge < -0.3 is 5.73 Å². The molecule has 0 saturated heterocycles. The number of amides is 1. The average molecular weight is 264 g/mol. The number of carbonyl (C=O) groups is 1. The lowest BCUT2D eigenvalue weighted by Crippen LogP contribution is -2.18. The van der Waals surface area contributed by atoms with E-state index in [0.29, 0.717) is 11.6 Å². The fraction of sp³-hybridized carbons (Fsp3) is 0.786. The number of aryl methyl sites for hydroxylation is 1.